The van der Waals surface area contributed by atoms with Crippen LogP contribution in [0.3, 0.4) is 0 Å². The first kappa shape index (κ1) is 19.4. The van der Waals surface area contributed by atoms with Crippen LogP contribution < -0.4 is 10.6 Å². The van der Waals surface area contributed by atoms with Gasteiger partial charge in [-0.3, -0.25) is 9.59 Å². The Bertz CT molecular complexity index is 536. The molecule has 138 valence electrons. The van der Waals surface area contributed by atoms with Gasteiger partial charge < -0.3 is 15.4 Å². The zero-order valence-corrected chi connectivity index (χ0v) is 15.2. The molecular formula is C20H30N2O3. The molecule has 0 radical (unpaired) electrons. The summed E-state index contributed by atoms with van der Waals surface area (Å²) < 4.78 is 5.59. The Labute approximate surface area is 150 Å². The lowest BCUT2D eigenvalue weighted by molar-refractivity contribution is -0.116. The van der Waals surface area contributed by atoms with E-state index in [9.17, 15) is 9.59 Å². The smallest absolute Gasteiger partial charge is 0.251 e. The number of anilines is 1. The summed E-state index contributed by atoms with van der Waals surface area (Å²) in [7, 11) is 0. The van der Waals surface area contributed by atoms with Crippen molar-refractivity contribution in [1.29, 1.82) is 0 Å². The summed E-state index contributed by atoms with van der Waals surface area (Å²) in [4.78, 5) is 23.8. The SMILES string of the molecule is CCCCC(=O)Nc1ccc(C(=O)NCCCC[C@@H]2CCCO2)cc1. The van der Waals surface area contributed by atoms with Crippen LogP contribution in [0, 0.1) is 0 Å². The maximum absolute atomic E-state index is 12.1. The normalized spacial score (nSPS) is 16.6. The second-order valence-electron chi connectivity index (χ2n) is 6.62. The van der Waals surface area contributed by atoms with Gasteiger partial charge in [-0.1, -0.05) is 13.3 Å². The predicted octanol–water partition coefficient (Wildman–Crippen LogP) is 3.89. The molecule has 0 unspecified atom stereocenters. The Morgan fingerprint density at radius 1 is 1.16 bits per heavy atom. The molecule has 1 aliphatic heterocycles. The number of nitrogens with one attached hydrogen (secondary N) is 2. The fraction of sp³-hybridized carbons (Fsp3) is 0.600. The van der Waals surface area contributed by atoms with Gasteiger partial charge in [-0.15, -0.1) is 0 Å². The Kier molecular flexibility index (Phi) is 8.46. The van der Waals surface area contributed by atoms with Crippen LogP contribution in [-0.2, 0) is 9.53 Å². The number of hydrogen-bond donors (Lipinski definition) is 2. The molecule has 0 spiro atoms. The second-order valence-corrected chi connectivity index (χ2v) is 6.62. The van der Waals surface area contributed by atoms with Crippen LogP contribution in [0.1, 0.15) is 68.6 Å². The molecule has 0 saturated carbocycles. The van der Waals surface area contributed by atoms with Crippen LogP contribution in [0.2, 0.25) is 0 Å². The maximum atomic E-state index is 12.1. The molecule has 1 saturated heterocycles. The third-order valence-corrected chi connectivity index (χ3v) is 4.45. The minimum atomic E-state index is -0.0685. The van der Waals surface area contributed by atoms with E-state index in [1.54, 1.807) is 24.3 Å². The average molecular weight is 346 g/mol. The molecular weight excluding hydrogens is 316 g/mol. The topological polar surface area (TPSA) is 67.4 Å². The van der Waals surface area contributed by atoms with Gasteiger partial charge in [0.1, 0.15) is 0 Å². The van der Waals surface area contributed by atoms with Crippen LogP contribution in [0.4, 0.5) is 5.69 Å². The van der Waals surface area contributed by atoms with Crippen molar-refractivity contribution in [3.63, 3.8) is 0 Å². The van der Waals surface area contributed by atoms with E-state index >= 15 is 0 Å². The van der Waals surface area contributed by atoms with E-state index < -0.39 is 0 Å². The quantitative estimate of drug-likeness (QED) is 0.632. The van der Waals surface area contributed by atoms with Crippen molar-refractivity contribution in [3.05, 3.63) is 29.8 Å². The van der Waals surface area contributed by atoms with Crippen LogP contribution in [0.5, 0.6) is 0 Å². The van der Waals surface area contributed by atoms with Gasteiger partial charge in [0.15, 0.2) is 0 Å². The molecule has 1 atom stereocenters. The van der Waals surface area contributed by atoms with Gasteiger partial charge in [-0.25, -0.2) is 0 Å². The molecule has 2 N–H and O–H groups in total. The lowest BCUT2D eigenvalue weighted by atomic mass is 10.1. The largest absolute Gasteiger partial charge is 0.378 e. The molecule has 5 nitrogen and oxygen atoms in total. The zero-order chi connectivity index (χ0) is 17.9. The third kappa shape index (κ3) is 7.26. The molecule has 2 rings (SSSR count). The molecule has 0 bridgehead atoms. The molecule has 1 aromatic rings. The van der Waals surface area contributed by atoms with E-state index in [-0.39, 0.29) is 11.8 Å². The first-order chi connectivity index (χ1) is 12.2. The van der Waals surface area contributed by atoms with Gasteiger partial charge in [-0.2, -0.15) is 0 Å². The number of unbranched alkanes of at least 4 members (excludes halogenated alkanes) is 2. The highest BCUT2D eigenvalue weighted by Gasteiger charge is 2.14. The fourth-order valence-electron chi connectivity index (χ4n) is 2.94. The number of ether oxygens (including phenoxy) is 1. The van der Waals surface area contributed by atoms with E-state index in [2.05, 4.69) is 17.6 Å². The van der Waals surface area contributed by atoms with Gasteiger partial charge in [0.05, 0.1) is 6.10 Å². The van der Waals surface area contributed by atoms with Gasteiger partial charge >= 0.3 is 0 Å². The van der Waals surface area contributed by atoms with Crippen molar-refractivity contribution >= 4 is 17.5 Å². The first-order valence-corrected chi connectivity index (χ1v) is 9.48. The Hall–Kier alpha value is -1.88. The molecule has 1 fully saturated rings. The molecule has 2 amide bonds. The van der Waals surface area contributed by atoms with E-state index in [0.717, 1.165) is 44.4 Å². The summed E-state index contributed by atoms with van der Waals surface area (Å²) in [5, 5.41) is 5.79. The lowest BCUT2D eigenvalue weighted by Gasteiger charge is -2.10. The van der Waals surface area contributed by atoms with Crippen molar-refractivity contribution in [1.82, 2.24) is 5.32 Å². The summed E-state index contributed by atoms with van der Waals surface area (Å²) in [5.74, 6) is -0.0498. The number of hydrogen-bond acceptors (Lipinski definition) is 3. The van der Waals surface area contributed by atoms with Gasteiger partial charge in [0.25, 0.3) is 5.91 Å². The summed E-state index contributed by atoms with van der Waals surface area (Å²) in [6.07, 6.45) is 8.33. The molecule has 5 heteroatoms. The molecule has 0 aliphatic carbocycles. The zero-order valence-electron chi connectivity index (χ0n) is 15.2. The number of benzene rings is 1. The Balaban J connectivity index is 1.64. The molecule has 1 heterocycles. The molecule has 1 aliphatic rings. The van der Waals surface area contributed by atoms with Crippen molar-refractivity contribution in [2.24, 2.45) is 0 Å². The van der Waals surface area contributed by atoms with Crippen LogP contribution in [0.25, 0.3) is 0 Å². The highest BCUT2D eigenvalue weighted by molar-refractivity contribution is 5.95. The predicted molar refractivity (Wildman–Crippen MR) is 99.8 cm³/mol. The van der Waals surface area contributed by atoms with E-state index in [0.29, 0.717) is 24.6 Å². The van der Waals surface area contributed by atoms with Gasteiger partial charge in [0, 0.05) is 30.8 Å². The summed E-state index contributed by atoms with van der Waals surface area (Å²) in [6.45, 7) is 3.64. The monoisotopic (exact) mass is 346 g/mol. The number of rotatable bonds is 10. The second kappa shape index (κ2) is 10.9. The van der Waals surface area contributed by atoms with Gasteiger partial charge in [0.2, 0.25) is 5.91 Å². The minimum Gasteiger partial charge on any atom is -0.378 e. The van der Waals surface area contributed by atoms with Crippen LogP contribution in [0.15, 0.2) is 24.3 Å². The molecule has 0 aromatic heterocycles. The number of amides is 2. The van der Waals surface area contributed by atoms with Crippen molar-refractivity contribution in [2.75, 3.05) is 18.5 Å². The van der Waals surface area contributed by atoms with Gasteiger partial charge in [-0.05, 0) is 62.8 Å². The first-order valence-electron chi connectivity index (χ1n) is 9.48. The fourth-order valence-corrected chi connectivity index (χ4v) is 2.94. The number of carbonyl (C=O) groups excluding carboxylic acids is 2. The summed E-state index contributed by atoms with van der Waals surface area (Å²) >= 11 is 0. The van der Waals surface area contributed by atoms with Crippen LogP contribution >= 0.6 is 0 Å². The summed E-state index contributed by atoms with van der Waals surface area (Å²) in [5.41, 5.74) is 1.35. The standard InChI is InChI=1S/C20H30N2O3/c1-2-3-9-19(23)22-17-12-10-16(11-13-17)20(24)21-14-5-4-7-18-8-6-15-25-18/h10-13,18H,2-9,14-15H2,1H3,(H,21,24)(H,22,23)/t18-/m1/s1. The van der Waals surface area contributed by atoms with E-state index in [1.165, 1.54) is 12.8 Å². The van der Waals surface area contributed by atoms with Crippen molar-refractivity contribution in [3.8, 4) is 0 Å². The Morgan fingerprint density at radius 3 is 2.64 bits per heavy atom. The molecule has 1 aromatic carbocycles. The van der Waals surface area contributed by atoms with Crippen molar-refractivity contribution < 1.29 is 14.3 Å². The highest BCUT2D eigenvalue weighted by atomic mass is 16.5. The van der Waals surface area contributed by atoms with Crippen molar-refractivity contribution in [2.45, 2.75) is 64.4 Å². The summed E-state index contributed by atoms with van der Waals surface area (Å²) in [6, 6.07) is 7.04. The average Bonchev–Trinajstić information content (AvgIpc) is 3.13. The van der Waals surface area contributed by atoms with E-state index in [1.807, 2.05) is 0 Å². The highest BCUT2D eigenvalue weighted by Crippen LogP contribution is 2.17. The Morgan fingerprint density at radius 2 is 1.96 bits per heavy atom. The molecule has 25 heavy (non-hydrogen) atoms. The lowest BCUT2D eigenvalue weighted by Crippen LogP contribution is -2.24. The van der Waals surface area contributed by atoms with Crippen LogP contribution in [-0.4, -0.2) is 31.1 Å². The third-order valence-electron chi connectivity index (χ3n) is 4.45. The number of carbonyl (C=O) groups is 2. The minimum absolute atomic E-state index is 0.0188. The van der Waals surface area contributed by atoms with E-state index in [4.69, 9.17) is 4.74 Å². The maximum Gasteiger partial charge on any atom is 0.251 e.